The lowest BCUT2D eigenvalue weighted by atomic mass is 9.84. The summed E-state index contributed by atoms with van der Waals surface area (Å²) in [4.78, 5) is 56.6. The Kier molecular flexibility index (Phi) is 5.99. The fourth-order valence-electron chi connectivity index (χ4n) is 5.94. The molecule has 0 spiro atoms. The van der Waals surface area contributed by atoms with Crippen LogP contribution in [0.25, 0.3) is 6.08 Å². The number of ketones is 1. The van der Waals surface area contributed by atoms with Crippen molar-refractivity contribution in [2.45, 2.75) is 19.0 Å². The molecule has 0 radical (unpaired) electrons. The first-order valence-electron chi connectivity index (χ1n) is 12.5. The molecule has 9 heteroatoms. The number of carbonyl (C=O) groups is 4. The van der Waals surface area contributed by atoms with E-state index in [2.05, 4.69) is 5.32 Å². The number of nitrogens with one attached hydrogen (secondary N) is 1. The van der Waals surface area contributed by atoms with E-state index in [4.69, 9.17) is 16.3 Å². The normalized spacial score (nSPS) is 22.8. The van der Waals surface area contributed by atoms with Crippen molar-refractivity contribution in [3.8, 4) is 5.75 Å². The third-order valence-electron chi connectivity index (χ3n) is 7.68. The first kappa shape index (κ1) is 24.9. The SMILES string of the molecule is COc1ccc(Cl)cc1NC(=O)[C@@H]1[C@@H]2C(=O)N(c3ccc(C(C)=O)cc3)C(=O)[C@@H]2[C@H]2c3ccccc3C=CN12. The van der Waals surface area contributed by atoms with Gasteiger partial charge in [0.2, 0.25) is 17.7 Å². The molecule has 3 aliphatic rings. The number of rotatable bonds is 5. The molecule has 3 aromatic carbocycles. The lowest BCUT2D eigenvalue weighted by Crippen LogP contribution is -2.46. The van der Waals surface area contributed by atoms with E-state index in [1.807, 2.05) is 35.2 Å². The van der Waals surface area contributed by atoms with E-state index >= 15 is 0 Å². The summed E-state index contributed by atoms with van der Waals surface area (Å²) in [5.41, 5.74) is 3.01. The lowest BCUT2D eigenvalue weighted by Gasteiger charge is -2.35. The van der Waals surface area contributed by atoms with Gasteiger partial charge in [0.25, 0.3) is 0 Å². The first-order valence-corrected chi connectivity index (χ1v) is 12.9. The zero-order valence-electron chi connectivity index (χ0n) is 21.1. The number of methoxy groups -OCH3 is 1. The molecular formula is C30H24ClN3O5. The molecule has 8 nitrogen and oxygen atoms in total. The largest absolute Gasteiger partial charge is 0.495 e. The van der Waals surface area contributed by atoms with E-state index in [0.29, 0.717) is 27.7 Å². The summed E-state index contributed by atoms with van der Waals surface area (Å²) < 4.78 is 5.39. The fourth-order valence-corrected chi connectivity index (χ4v) is 6.11. The minimum atomic E-state index is -0.966. The van der Waals surface area contributed by atoms with E-state index in [1.165, 1.54) is 14.0 Å². The highest BCUT2D eigenvalue weighted by molar-refractivity contribution is 6.31. The molecule has 0 bridgehead atoms. The van der Waals surface area contributed by atoms with Crippen LogP contribution in [0.4, 0.5) is 11.4 Å². The maximum absolute atomic E-state index is 14.0. The van der Waals surface area contributed by atoms with Gasteiger partial charge < -0.3 is 15.0 Å². The number of fused-ring (bicyclic) bond motifs is 5. The lowest BCUT2D eigenvalue weighted by molar-refractivity contribution is -0.128. The molecule has 3 aromatic rings. The molecule has 0 aromatic heterocycles. The quantitative estimate of drug-likeness (QED) is 0.371. The molecule has 3 amide bonds. The maximum Gasteiger partial charge on any atom is 0.248 e. The number of nitrogens with zero attached hydrogens (tertiary/aromatic N) is 2. The number of ether oxygens (including phenoxy) is 1. The number of Topliss-reactive ketones (excluding diaryl/α,β-unsaturated/α-hetero) is 1. The number of anilines is 2. The summed E-state index contributed by atoms with van der Waals surface area (Å²) in [5.74, 6) is -2.71. The summed E-state index contributed by atoms with van der Waals surface area (Å²) >= 11 is 6.18. The second kappa shape index (κ2) is 9.39. The average molecular weight is 542 g/mol. The Morgan fingerprint density at radius 1 is 0.949 bits per heavy atom. The Balaban J connectivity index is 1.43. The van der Waals surface area contributed by atoms with Crippen LogP contribution >= 0.6 is 11.6 Å². The Morgan fingerprint density at radius 3 is 2.38 bits per heavy atom. The van der Waals surface area contributed by atoms with Crippen LogP contribution in [0.5, 0.6) is 5.75 Å². The van der Waals surface area contributed by atoms with E-state index < -0.39 is 35.7 Å². The second-order valence-electron chi connectivity index (χ2n) is 9.78. The highest BCUT2D eigenvalue weighted by Crippen LogP contribution is 2.53. The van der Waals surface area contributed by atoms with Crippen LogP contribution in [0.3, 0.4) is 0 Å². The molecule has 2 saturated heterocycles. The molecule has 4 atom stereocenters. The minimum absolute atomic E-state index is 0.119. The van der Waals surface area contributed by atoms with Crippen molar-refractivity contribution in [1.29, 1.82) is 0 Å². The Morgan fingerprint density at radius 2 is 1.67 bits per heavy atom. The summed E-state index contributed by atoms with van der Waals surface area (Å²) in [5, 5.41) is 3.29. The minimum Gasteiger partial charge on any atom is -0.495 e. The highest BCUT2D eigenvalue weighted by atomic mass is 35.5. The van der Waals surface area contributed by atoms with Crippen molar-refractivity contribution in [3.05, 3.63) is 94.6 Å². The smallest absolute Gasteiger partial charge is 0.248 e. The average Bonchev–Trinajstić information content (AvgIpc) is 3.41. The van der Waals surface area contributed by atoms with Gasteiger partial charge in [0.1, 0.15) is 11.8 Å². The van der Waals surface area contributed by atoms with Gasteiger partial charge in [-0.25, -0.2) is 4.90 Å². The molecule has 39 heavy (non-hydrogen) atoms. The van der Waals surface area contributed by atoms with Crippen LogP contribution in [-0.4, -0.2) is 41.6 Å². The van der Waals surface area contributed by atoms with Crippen molar-refractivity contribution in [2.75, 3.05) is 17.3 Å². The van der Waals surface area contributed by atoms with Gasteiger partial charge in [-0.05, 0) is 66.6 Å². The summed E-state index contributed by atoms with van der Waals surface area (Å²) in [6.07, 6.45) is 3.68. The van der Waals surface area contributed by atoms with Crippen LogP contribution in [-0.2, 0) is 14.4 Å². The Bertz CT molecular complexity index is 1570. The topological polar surface area (TPSA) is 96.0 Å². The summed E-state index contributed by atoms with van der Waals surface area (Å²) in [6, 6.07) is 17.4. The molecule has 0 unspecified atom stereocenters. The highest BCUT2D eigenvalue weighted by Gasteiger charge is 2.64. The van der Waals surface area contributed by atoms with Crippen molar-refractivity contribution < 1.29 is 23.9 Å². The standard InChI is InChI=1S/C30H24ClN3O5/c1-16(35)17-7-10-20(11-8-17)34-29(37)24-25(30(34)38)27(28(36)32-22-15-19(31)9-12-23(22)39-2)33-14-13-18-5-3-4-6-21(18)26(24)33/h3-15,24-27H,1-2H3,(H,32,36)/t24-,25+,26+,27-/m0/s1. The Labute approximate surface area is 229 Å². The van der Waals surface area contributed by atoms with Gasteiger partial charge in [-0.1, -0.05) is 35.9 Å². The van der Waals surface area contributed by atoms with Crippen LogP contribution in [0.2, 0.25) is 5.02 Å². The van der Waals surface area contributed by atoms with Crippen LogP contribution in [0, 0.1) is 11.8 Å². The third-order valence-corrected chi connectivity index (χ3v) is 7.92. The molecule has 3 aliphatic heterocycles. The van der Waals surface area contributed by atoms with Gasteiger partial charge in [0, 0.05) is 16.8 Å². The van der Waals surface area contributed by atoms with Crippen LogP contribution in [0.1, 0.15) is 34.5 Å². The third kappa shape index (κ3) is 3.90. The number of imide groups is 1. The number of benzene rings is 3. The van der Waals surface area contributed by atoms with E-state index in [0.717, 1.165) is 16.0 Å². The molecular weight excluding hydrogens is 518 g/mol. The first-order chi connectivity index (χ1) is 18.8. The zero-order valence-corrected chi connectivity index (χ0v) is 21.9. The molecule has 3 heterocycles. The van der Waals surface area contributed by atoms with Crippen molar-refractivity contribution in [1.82, 2.24) is 4.90 Å². The van der Waals surface area contributed by atoms with E-state index in [9.17, 15) is 19.2 Å². The van der Waals surface area contributed by atoms with Crippen molar-refractivity contribution >= 4 is 52.6 Å². The number of hydrogen-bond acceptors (Lipinski definition) is 6. The molecule has 6 rings (SSSR count). The fraction of sp³-hybridized carbons (Fsp3) is 0.200. The predicted molar refractivity (Wildman–Crippen MR) is 146 cm³/mol. The second-order valence-corrected chi connectivity index (χ2v) is 10.2. The molecule has 196 valence electrons. The van der Waals surface area contributed by atoms with Gasteiger partial charge in [0.15, 0.2) is 5.78 Å². The number of hydrogen-bond donors (Lipinski definition) is 1. The molecule has 0 aliphatic carbocycles. The number of amides is 3. The van der Waals surface area contributed by atoms with E-state index in [-0.39, 0.29) is 11.7 Å². The van der Waals surface area contributed by atoms with Crippen molar-refractivity contribution in [3.63, 3.8) is 0 Å². The summed E-state index contributed by atoms with van der Waals surface area (Å²) in [6.45, 7) is 1.45. The number of carbonyl (C=O) groups excluding carboxylic acids is 4. The van der Waals surface area contributed by atoms with Gasteiger partial charge in [0.05, 0.1) is 36.4 Å². The summed E-state index contributed by atoms with van der Waals surface area (Å²) in [7, 11) is 1.49. The zero-order chi connectivity index (χ0) is 27.4. The Hall–Kier alpha value is -4.43. The van der Waals surface area contributed by atoms with Gasteiger partial charge in [-0.3, -0.25) is 19.2 Å². The van der Waals surface area contributed by atoms with Crippen LogP contribution < -0.4 is 15.0 Å². The number of halogens is 1. The van der Waals surface area contributed by atoms with E-state index in [1.54, 1.807) is 48.7 Å². The van der Waals surface area contributed by atoms with Gasteiger partial charge in [-0.15, -0.1) is 0 Å². The molecule has 0 saturated carbocycles. The predicted octanol–water partition coefficient (Wildman–Crippen LogP) is 4.71. The van der Waals surface area contributed by atoms with Crippen LogP contribution in [0.15, 0.2) is 72.9 Å². The van der Waals surface area contributed by atoms with Gasteiger partial charge in [-0.2, -0.15) is 0 Å². The maximum atomic E-state index is 14.0. The molecule has 2 fully saturated rings. The monoisotopic (exact) mass is 541 g/mol. The van der Waals surface area contributed by atoms with Gasteiger partial charge >= 0.3 is 0 Å². The molecule has 1 N–H and O–H groups in total. The van der Waals surface area contributed by atoms with Crippen molar-refractivity contribution in [2.24, 2.45) is 11.8 Å².